The number of nitrogens with two attached hydrogens (primary N) is 1. The van der Waals surface area contributed by atoms with Crippen LogP contribution in [0, 0.1) is 0 Å². The molecule has 2 rings (SSSR count). The highest BCUT2D eigenvalue weighted by Gasteiger charge is 2.23. The highest BCUT2D eigenvalue weighted by Crippen LogP contribution is 2.29. The lowest BCUT2D eigenvalue weighted by atomic mass is 10.1. The molecule has 1 unspecified atom stereocenters. The first-order chi connectivity index (χ1) is 8.78. The monoisotopic (exact) mass is 271 g/mol. The molecule has 1 fully saturated rings. The number of ether oxygens (including phenoxy) is 2. The van der Waals surface area contributed by atoms with Crippen molar-refractivity contribution in [2.24, 2.45) is 5.73 Å². The summed E-state index contributed by atoms with van der Waals surface area (Å²) >= 11 is 1.67. The van der Waals surface area contributed by atoms with Gasteiger partial charge >= 0.3 is 0 Å². The van der Waals surface area contributed by atoms with Gasteiger partial charge in [-0.3, -0.25) is 0 Å². The summed E-state index contributed by atoms with van der Waals surface area (Å²) < 4.78 is 10.6. The lowest BCUT2D eigenvalue weighted by Crippen LogP contribution is -2.39. The number of rotatable bonds is 5. The fourth-order valence-corrected chi connectivity index (χ4v) is 3.20. The summed E-state index contributed by atoms with van der Waals surface area (Å²) in [6.07, 6.45) is 2.60. The smallest absolute Gasteiger partial charge is 0.186 e. The van der Waals surface area contributed by atoms with Crippen LogP contribution in [-0.2, 0) is 22.6 Å². The first kappa shape index (κ1) is 13.7. The SMILES string of the molecule is COCc1nc(N2CCCC(OC)C2)sc1CN. The Morgan fingerprint density at radius 3 is 3.00 bits per heavy atom. The van der Waals surface area contributed by atoms with Crippen LogP contribution in [0.4, 0.5) is 5.13 Å². The van der Waals surface area contributed by atoms with Gasteiger partial charge in [-0.15, -0.1) is 11.3 Å². The number of aromatic nitrogens is 1. The van der Waals surface area contributed by atoms with Crippen LogP contribution in [0.1, 0.15) is 23.4 Å². The first-order valence-electron chi connectivity index (χ1n) is 6.23. The topological polar surface area (TPSA) is 60.6 Å². The van der Waals surface area contributed by atoms with Gasteiger partial charge < -0.3 is 20.1 Å². The average Bonchev–Trinajstić information content (AvgIpc) is 2.82. The Balaban J connectivity index is 2.12. The van der Waals surface area contributed by atoms with Crippen molar-refractivity contribution in [3.8, 4) is 0 Å². The third-order valence-electron chi connectivity index (χ3n) is 3.22. The van der Waals surface area contributed by atoms with Crippen molar-refractivity contribution < 1.29 is 9.47 Å². The Bertz CT molecular complexity index is 383. The molecule has 1 aromatic rings. The maximum absolute atomic E-state index is 5.75. The quantitative estimate of drug-likeness (QED) is 0.876. The molecule has 0 bridgehead atoms. The van der Waals surface area contributed by atoms with Crippen molar-refractivity contribution >= 4 is 16.5 Å². The Morgan fingerprint density at radius 2 is 2.33 bits per heavy atom. The zero-order chi connectivity index (χ0) is 13.0. The van der Waals surface area contributed by atoms with Gasteiger partial charge in [0.2, 0.25) is 0 Å². The van der Waals surface area contributed by atoms with Crippen molar-refractivity contribution in [1.29, 1.82) is 0 Å². The Kier molecular flexibility index (Phi) is 4.94. The van der Waals surface area contributed by atoms with Gasteiger partial charge in [0.15, 0.2) is 5.13 Å². The van der Waals surface area contributed by atoms with Gasteiger partial charge in [0.1, 0.15) is 0 Å². The van der Waals surface area contributed by atoms with Gasteiger partial charge in [-0.05, 0) is 12.8 Å². The Morgan fingerprint density at radius 1 is 1.50 bits per heavy atom. The Hall–Kier alpha value is -0.690. The summed E-state index contributed by atoms with van der Waals surface area (Å²) in [5.41, 5.74) is 6.72. The van der Waals surface area contributed by atoms with Crippen LogP contribution in [0.25, 0.3) is 0 Å². The van der Waals surface area contributed by atoms with Gasteiger partial charge in [0, 0.05) is 38.7 Å². The fraction of sp³-hybridized carbons (Fsp3) is 0.750. The molecule has 1 aliphatic rings. The summed E-state index contributed by atoms with van der Waals surface area (Å²) in [5, 5.41) is 1.05. The predicted octanol–water partition coefficient (Wildman–Crippen LogP) is 1.36. The van der Waals surface area contributed by atoms with Crippen molar-refractivity contribution in [3.63, 3.8) is 0 Å². The molecule has 0 aromatic carbocycles. The summed E-state index contributed by atoms with van der Waals surface area (Å²) in [6, 6.07) is 0. The average molecular weight is 271 g/mol. The summed E-state index contributed by atoms with van der Waals surface area (Å²) in [6.45, 7) is 3.02. The predicted molar refractivity (Wildman–Crippen MR) is 73.0 cm³/mol. The molecule has 1 saturated heterocycles. The minimum Gasteiger partial charge on any atom is -0.380 e. The highest BCUT2D eigenvalue weighted by atomic mass is 32.1. The van der Waals surface area contributed by atoms with E-state index >= 15 is 0 Å². The third-order valence-corrected chi connectivity index (χ3v) is 4.40. The van der Waals surface area contributed by atoms with Gasteiger partial charge in [-0.25, -0.2) is 4.98 Å². The molecule has 1 atom stereocenters. The Labute approximate surface area is 112 Å². The minimum atomic E-state index is 0.315. The van der Waals surface area contributed by atoms with E-state index in [0.29, 0.717) is 19.3 Å². The summed E-state index contributed by atoms with van der Waals surface area (Å²) in [7, 11) is 3.46. The lowest BCUT2D eigenvalue weighted by molar-refractivity contribution is 0.0893. The van der Waals surface area contributed by atoms with Gasteiger partial charge in [-0.1, -0.05) is 0 Å². The van der Waals surface area contributed by atoms with Gasteiger partial charge in [0.25, 0.3) is 0 Å². The molecule has 0 amide bonds. The number of nitrogens with zero attached hydrogens (tertiary/aromatic N) is 2. The van der Waals surface area contributed by atoms with Crippen LogP contribution < -0.4 is 10.6 Å². The van der Waals surface area contributed by atoms with Gasteiger partial charge in [0.05, 0.1) is 18.4 Å². The third kappa shape index (κ3) is 3.00. The molecule has 2 N–H and O–H groups in total. The van der Waals surface area contributed by atoms with E-state index in [2.05, 4.69) is 9.88 Å². The molecule has 0 radical (unpaired) electrons. The lowest BCUT2D eigenvalue weighted by Gasteiger charge is -2.31. The van der Waals surface area contributed by atoms with E-state index < -0.39 is 0 Å². The molecular formula is C12H21N3O2S. The maximum atomic E-state index is 5.75. The van der Waals surface area contributed by atoms with Crippen molar-refractivity contribution in [3.05, 3.63) is 10.6 Å². The van der Waals surface area contributed by atoms with E-state index in [-0.39, 0.29) is 0 Å². The van der Waals surface area contributed by atoms with E-state index in [1.807, 2.05) is 0 Å². The maximum Gasteiger partial charge on any atom is 0.186 e. The molecule has 2 heterocycles. The summed E-state index contributed by atoms with van der Waals surface area (Å²) in [5.74, 6) is 0. The second kappa shape index (κ2) is 6.47. The van der Waals surface area contributed by atoms with Crippen LogP contribution in [0.15, 0.2) is 0 Å². The van der Waals surface area contributed by atoms with Crippen LogP contribution in [-0.4, -0.2) is 38.4 Å². The molecule has 1 aromatic heterocycles. The molecule has 5 nitrogen and oxygen atoms in total. The molecule has 0 aliphatic carbocycles. The number of methoxy groups -OCH3 is 2. The summed E-state index contributed by atoms with van der Waals surface area (Å²) in [4.78, 5) is 8.06. The van der Waals surface area contributed by atoms with Crippen LogP contribution in [0.3, 0.4) is 0 Å². The van der Waals surface area contributed by atoms with E-state index in [1.165, 1.54) is 0 Å². The van der Waals surface area contributed by atoms with Crippen LogP contribution >= 0.6 is 11.3 Å². The van der Waals surface area contributed by atoms with E-state index in [9.17, 15) is 0 Å². The molecular weight excluding hydrogens is 250 g/mol. The van der Waals surface area contributed by atoms with Crippen molar-refractivity contribution in [1.82, 2.24) is 4.98 Å². The zero-order valence-electron chi connectivity index (χ0n) is 11.0. The second-order valence-electron chi connectivity index (χ2n) is 4.45. The standard InChI is InChI=1S/C12H21N3O2S/c1-16-8-10-11(6-13)18-12(14-10)15-5-3-4-9(7-15)17-2/h9H,3-8,13H2,1-2H3. The highest BCUT2D eigenvalue weighted by molar-refractivity contribution is 7.15. The first-order valence-corrected chi connectivity index (χ1v) is 7.05. The zero-order valence-corrected chi connectivity index (χ0v) is 11.8. The molecule has 1 aliphatic heterocycles. The normalized spacial score (nSPS) is 20.4. The van der Waals surface area contributed by atoms with Crippen molar-refractivity contribution in [2.75, 3.05) is 32.2 Å². The number of anilines is 1. The fourth-order valence-electron chi connectivity index (χ4n) is 2.22. The number of hydrogen-bond acceptors (Lipinski definition) is 6. The van der Waals surface area contributed by atoms with Crippen LogP contribution in [0.5, 0.6) is 0 Å². The van der Waals surface area contributed by atoms with E-state index in [1.54, 1.807) is 25.6 Å². The molecule has 0 spiro atoms. The van der Waals surface area contributed by atoms with Crippen molar-refractivity contribution in [2.45, 2.75) is 32.1 Å². The number of hydrogen-bond donors (Lipinski definition) is 1. The second-order valence-corrected chi connectivity index (χ2v) is 5.51. The number of piperidine rings is 1. The molecule has 18 heavy (non-hydrogen) atoms. The number of thiazole rings is 1. The molecule has 0 saturated carbocycles. The van der Waals surface area contributed by atoms with E-state index in [4.69, 9.17) is 15.2 Å². The van der Waals surface area contributed by atoms with Crippen LogP contribution in [0.2, 0.25) is 0 Å². The van der Waals surface area contributed by atoms with Gasteiger partial charge in [-0.2, -0.15) is 0 Å². The van der Waals surface area contributed by atoms with E-state index in [0.717, 1.165) is 41.6 Å². The molecule has 102 valence electrons. The largest absolute Gasteiger partial charge is 0.380 e. The molecule has 6 heteroatoms. The minimum absolute atomic E-state index is 0.315.